The molecule has 0 aliphatic heterocycles. The summed E-state index contributed by atoms with van der Waals surface area (Å²) in [5.74, 6) is 0.591. The normalized spacial score (nSPS) is 11.6. The minimum Gasteiger partial charge on any atom is -0.283 e. The Hall–Kier alpha value is -2.47. The third-order valence-electron chi connectivity index (χ3n) is 4.38. The number of nitrogens with zero attached hydrogens (tertiary/aromatic N) is 4. The van der Waals surface area contributed by atoms with E-state index >= 15 is 0 Å². The smallest absolute Gasteiger partial charge is 0.283 e. The Morgan fingerprint density at radius 1 is 1.17 bits per heavy atom. The van der Waals surface area contributed by atoms with Gasteiger partial charge in [-0.2, -0.15) is 4.52 Å². The lowest BCUT2D eigenvalue weighted by molar-refractivity contribution is 0.698. The minimum absolute atomic E-state index is 0.126. The molecule has 0 amide bonds. The summed E-state index contributed by atoms with van der Waals surface area (Å²) in [7, 11) is 0. The number of fused-ring (bicyclic) bond motifs is 3. The van der Waals surface area contributed by atoms with Gasteiger partial charge in [-0.15, -0.1) is 16.4 Å². The standard InChI is InChI=1S/C18H18N4OS/c1-4-13-11(3)24-17-14(13)16-19-15(12-9-7-6-8-10-12)20-22(16)18(23)21(17)5-2/h6-10H,4-5H2,1-3H3. The molecule has 0 bridgehead atoms. The van der Waals surface area contributed by atoms with E-state index in [1.165, 1.54) is 15.0 Å². The Morgan fingerprint density at radius 2 is 1.92 bits per heavy atom. The summed E-state index contributed by atoms with van der Waals surface area (Å²) in [4.78, 5) is 19.8. The van der Waals surface area contributed by atoms with Gasteiger partial charge in [-0.3, -0.25) is 4.57 Å². The first kappa shape index (κ1) is 15.1. The molecule has 5 nitrogen and oxygen atoms in total. The van der Waals surface area contributed by atoms with Gasteiger partial charge >= 0.3 is 5.69 Å². The van der Waals surface area contributed by atoms with Gasteiger partial charge in [0.15, 0.2) is 11.5 Å². The van der Waals surface area contributed by atoms with Gasteiger partial charge in [0.1, 0.15) is 4.83 Å². The van der Waals surface area contributed by atoms with Crippen LogP contribution < -0.4 is 5.69 Å². The summed E-state index contributed by atoms with van der Waals surface area (Å²) in [6, 6.07) is 9.78. The maximum Gasteiger partial charge on any atom is 0.351 e. The molecule has 0 aliphatic carbocycles. The minimum atomic E-state index is -0.126. The molecule has 3 heterocycles. The fourth-order valence-electron chi connectivity index (χ4n) is 3.21. The summed E-state index contributed by atoms with van der Waals surface area (Å²) >= 11 is 1.67. The van der Waals surface area contributed by atoms with E-state index in [4.69, 9.17) is 4.98 Å². The van der Waals surface area contributed by atoms with Crippen LogP contribution in [0.25, 0.3) is 27.3 Å². The molecule has 122 valence electrons. The first-order valence-corrected chi connectivity index (χ1v) is 8.94. The summed E-state index contributed by atoms with van der Waals surface area (Å²) in [6.45, 7) is 6.86. The highest BCUT2D eigenvalue weighted by atomic mass is 32.1. The lowest BCUT2D eigenvalue weighted by atomic mass is 10.1. The maximum atomic E-state index is 12.9. The van der Waals surface area contributed by atoms with Crippen LogP contribution in [0.1, 0.15) is 24.3 Å². The molecule has 6 heteroatoms. The number of aromatic nitrogens is 4. The number of thiophene rings is 1. The second-order valence-corrected chi connectivity index (χ2v) is 6.94. The summed E-state index contributed by atoms with van der Waals surface area (Å²) in [6.07, 6.45) is 0.914. The molecule has 0 spiro atoms. The molecule has 4 aromatic rings. The molecule has 0 N–H and O–H groups in total. The van der Waals surface area contributed by atoms with Gasteiger partial charge in [0.2, 0.25) is 0 Å². The van der Waals surface area contributed by atoms with E-state index in [1.807, 2.05) is 37.3 Å². The Labute approximate surface area is 143 Å². The average Bonchev–Trinajstić information content (AvgIpc) is 3.17. The Kier molecular flexibility index (Phi) is 3.49. The molecule has 3 aromatic heterocycles. The Morgan fingerprint density at radius 3 is 2.58 bits per heavy atom. The molecule has 0 saturated heterocycles. The van der Waals surface area contributed by atoms with Crippen molar-refractivity contribution in [3.05, 3.63) is 51.3 Å². The molecule has 1 aromatic carbocycles. The van der Waals surface area contributed by atoms with Crippen LogP contribution >= 0.6 is 11.3 Å². The van der Waals surface area contributed by atoms with Crippen LogP contribution in [0.2, 0.25) is 0 Å². The van der Waals surface area contributed by atoms with E-state index in [2.05, 4.69) is 18.9 Å². The molecule has 0 fully saturated rings. The van der Waals surface area contributed by atoms with Gasteiger partial charge in [0.25, 0.3) is 0 Å². The van der Waals surface area contributed by atoms with Crippen molar-refractivity contribution >= 4 is 27.2 Å². The predicted molar refractivity (Wildman–Crippen MR) is 97.9 cm³/mol. The number of aryl methyl sites for hydroxylation is 3. The molecule has 0 aliphatic rings. The quantitative estimate of drug-likeness (QED) is 0.573. The topological polar surface area (TPSA) is 52.2 Å². The monoisotopic (exact) mass is 338 g/mol. The van der Waals surface area contributed by atoms with E-state index in [0.717, 1.165) is 22.2 Å². The van der Waals surface area contributed by atoms with Crippen LogP contribution in [0.5, 0.6) is 0 Å². The highest BCUT2D eigenvalue weighted by Gasteiger charge is 2.20. The highest BCUT2D eigenvalue weighted by Crippen LogP contribution is 2.33. The van der Waals surface area contributed by atoms with Crippen molar-refractivity contribution in [3.8, 4) is 11.4 Å². The molecule has 0 unspecified atom stereocenters. The number of benzene rings is 1. The first-order chi connectivity index (χ1) is 11.7. The number of hydrogen-bond donors (Lipinski definition) is 0. The first-order valence-electron chi connectivity index (χ1n) is 8.12. The molecular weight excluding hydrogens is 320 g/mol. The molecular formula is C18H18N4OS. The van der Waals surface area contributed by atoms with E-state index in [-0.39, 0.29) is 5.69 Å². The lowest BCUT2D eigenvalue weighted by Crippen LogP contribution is -2.26. The fourth-order valence-corrected chi connectivity index (χ4v) is 4.50. The summed E-state index contributed by atoms with van der Waals surface area (Å²) in [5.41, 5.74) is 2.72. The number of rotatable bonds is 3. The zero-order chi connectivity index (χ0) is 16.8. The molecule has 24 heavy (non-hydrogen) atoms. The predicted octanol–water partition coefficient (Wildman–Crippen LogP) is 3.66. The second kappa shape index (κ2) is 5.56. The van der Waals surface area contributed by atoms with Gasteiger partial charge in [-0.05, 0) is 25.8 Å². The van der Waals surface area contributed by atoms with Crippen molar-refractivity contribution in [1.82, 2.24) is 19.2 Å². The van der Waals surface area contributed by atoms with Gasteiger partial charge < -0.3 is 0 Å². The largest absolute Gasteiger partial charge is 0.351 e. The lowest BCUT2D eigenvalue weighted by Gasteiger charge is -2.05. The van der Waals surface area contributed by atoms with E-state index in [9.17, 15) is 4.79 Å². The van der Waals surface area contributed by atoms with Crippen LogP contribution in [-0.4, -0.2) is 19.2 Å². The van der Waals surface area contributed by atoms with Crippen molar-refractivity contribution in [3.63, 3.8) is 0 Å². The number of hydrogen-bond acceptors (Lipinski definition) is 4. The van der Waals surface area contributed by atoms with Gasteiger partial charge in [-0.25, -0.2) is 9.78 Å². The van der Waals surface area contributed by atoms with Crippen LogP contribution in [0.4, 0.5) is 0 Å². The zero-order valence-corrected chi connectivity index (χ0v) is 14.7. The van der Waals surface area contributed by atoms with E-state index in [0.29, 0.717) is 18.0 Å². The van der Waals surface area contributed by atoms with Crippen molar-refractivity contribution in [2.75, 3.05) is 0 Å². The van der Waals surface area contributed by atoms with Crippen molar-refractivity contribution < 1.29 is 0 Å². The van der Waals surface area contributed by atoms with Crippen LogP contribution in [0, 0.1) is 6.92 Å². The van der Waals surface area contributed by atoms with Crippen LogP contribution in [-0.2, 0) is 13.0 Å². The van der Waals surface area contributed by atoms with Crippen LogP contribution in [0.3, 0.4) is 0 Å². The molecule has 4 rings (SSSR count). The maximum absolute atomic E-state index is 12.9. The molecule has 0 atom stereocenters. The van der Waals surface area contributed by atoms with Gasteiger partial charge in [0, 0.05) is 17.0 Å². The Balaban J connectivity index is 2.17. The van der Waals surface area contributed by atoms with E-state index < -0.39 is 0 Å². The summed E-state index contributed by atoms with van der Waals surface area (Å²) in [5, 5.41) is 5.57. The summed E-state index contributed by atoms with van der Waals surface area (Å²) < 4.78 is 3.25. The third kappa shape index (κ3) is 2.03. The van der Waals surface area contributed by atoms with Crippen molar-refractivity contribution in [2.45, 2.75) is 33.7 Å². The molecule has 0 radical (unpaired) electrons. The Bertz CT molecular complexity index is 1110. The zero-order valence-electron chi connectivity index (χ0n) is 13.9. The van der Waals surface area contributed by atoms with Crippen LogP contribution in [0.15, 0.2) is 35.1 Å². The van der Waals surface area contributed by atoms with E-state index in [1.54, 1.807) is 15.9 Å². The fraction of sp³-hybridized carbons (Fsp3) is 0.278. The molecule has 0 saturated carbocycles. The van der Waals surface area contributed by atoms with Crippen molar-refractivity contribution in [2.24, 2.45) is 0 Å². The van der Waals surface area contributed by atoms with Gasteiger partial charge in [-0.1, -0.05) is 37.3 Å². The van der Waals surface area contributed by atoms with Gasteiger partial charge in [0.05, 0.1) is 5.39 Å². The third-order valence-corrected chi connectivity index (χ3v) is 5.55. The highest BCUT2D eigenvalue weighted by molar-refractivity contribution is 7.19. The SMILES string of the molecule is CCc1c(C)sc2c1c1nc(-c3ccccc3)nn1c(=O)n2CC. The average molecular weight is 338 g/mol. The second-order valence-electron chi connectivity index (χ2n) is 5.73. The van der Waals surface area contributed by atoms with Crippen molar-refractivity contribution in [1.29, 1.82) is 0 Å².